The fourth-order valence-electron chi connectivity index (χ4n) is 3.59. The first-order chi connectivity index (χ1) is 14.5. The highest BCUT2D eigenvalue weighted by molar-refractivity contribution is 5.71. The van der Waals surface area contributed by atoms with E-state index in [9.17, 15) is 14.9 Å². The van der Waals surface area contributed by atoms with E-state index in [2.05, 4.69) is 10.3 Å². The summed E-state index contributed by atoms with van der Waals surface area (Å²) in [7, 11) is 0. The van der Waals surface area contributed by atoms with Crippen LogP contribution in [0.1, 0.15) is 24.8 Å². The first-order valence-electron chi connectivity index (χ1n) is 9.54. The van der Waals surface area contributed by atoms with Crippen LogP contribution in [0.3, 0.4) is 0 Å². The molecule has 0 aliphatic heterocycles. The van der Waals surface area contributed by atoms with Crippen molar-refractivity contribution in [3.05, 3.63) is 82.4 Å². The maximum Gasteiger partial charge on any atom is 0.405 e. The van der Waals surface area contributed by atoms with Crippen LogP contribution in [0.2, 0.25) is 0 Å². The summed E-state index contributed by atoms with van der Waals surface area (Å²) in [4.78, 5) is 26.7. The molecule has 1 aromatic heterocycles. The third-order valence-corrected chi connectivity index (χ3v) is 5.27. The number of carbonyl (C=O) groups is 1. The number of nitrogens with zero attached hydrogens (tertiary/aromatic N) is 2. The molecule has 0 unspecified atom stereocenters. The predicted molar refractivity (Wildman–Crippen MR) is 112 cm³/mol. The number of nitrogens with two attached hydrogens (primary N) is 1. The topological polar surface area (TPSA) is 120 Å². The van der Waals surface area contributed by atoms with Gasteiger partial charge in [-0.1, -0.05) is 42.5 Å². The number of nitrogens with one attached hydrogen (secondary N) is 1. The molecule has 3 aromatic rings. The van der Waals surface area contributed by atoms with E-state index in [4.69, 9.17) is 10.5 Å². The second-order valence-electron chi connectivity index (χ2n) is 7.16. The van der Waals surface area contributed by atoms with Gasteiger partial charge in [0.15, 0.2) is 0 Å². The Kier molecular flexibility index (Phi) is 5.05. The van der Waals surface area contributed by atoms with Crippen molar-refractivity contribution in [3.63, 3.8) is 0 Å². The van der Waals surface area contributed by atoms with Gasteiger partial charge in [-0.3, -0.25) is 10.1 Å². The molecule has 1 heterocycles. The minimum atomic E-state index is -0.797. The number of benzene rings is 2. The lowest BCUT2D eigenvalue weighted by molar-refractivity contribution is -0.384. The minimum Gasteiger partial charge on any atom is -0.438 e. The number of anilines is 2. The molecule has 1 aliphatic rings. The van der Waals surface area contributed by atoms with Crippen molar-refractivity contribution < 1.29 is 14.5 Å². The van der Waals surface area contributed by atoms with E-state index in [0.717, 1.165) is 30.4 Å². The van der Waals surface area contributed by atoms with Crippen LogP contribution in [0.25, 0.3) is 11.3 Å². The largest absolute Gasteiger partial charge is 0.438 e. The van der Waals surface area contributed by atoms with Crippen molar-refractivity contribution in [2.75, 3.05) is 5.32 Å². The molecule has 0 spiro atoms. The first kappa shape index (κ1) is 19.4. The SMILES string of the molecule is NC(=O)OC1(c2ccc(Nc3nc(-c4ccccc4)ccc3[N+](=O)[O-])cc2)CCC1. The van der Waals surface area contributed by atoms with Gasteiger partial charge in [-0.25, -0.2) is 9.78 Å². The third-order valence-electron chi connectivity index (χ3n) is 5.27. The zero-order valence-electron chi connectivity index (χ0n) is 16.1. The molecule has 1 fully saturated rings. The van der Waals surface area contributed by atoms with Gasteiger partial charge in [-0.15, -0.1) is 0 Å². The smallest absolute Gasteiger partial charge is 0.405 e. The Hall–Kier alpha value is -3.94. The lowest BCUT2D eigenvalue weighted by atomic mass is 9.75. The van der Waals surface area contributed by atoms with Crippen molar-refractivity contribution in [2.24, 2.45) is 5.73 Å². The van der Waals surface area contributed by atoms with Crippen molar-refractivity contribution in [3.8, 4) is 11.3 Å². The molecule has 1 aliphatic carbocycles. The van der Waals surface area contributed by atoms with E-state index in [-0.39, 0.29) is 11.5 Å². The maximum atomic E-state index is 11.5. The predicted octanol–water partition coefficient (Wildman–Crippen LogP) is 4.87. The molecule has 0 saturated heterocycles. The highest BCUT2D eigenvalue weighted by Crippen LogP contribution is 2.45. The average molecular weight is 404 g/mol. The molecule has 3 N–H and O–H groups in total. The van der Waals surface area contributed by atoms with E-state index in [1.54, 1.807) is 18.2 Å². The van der Waals surface area contributed by atoms with Gasteiger partial charge in [-0.05, 0) is 43.0 Å². The Labute approximate surface area is 172 Å². The molecular formula is C22H20N4O4. The number of hydrogen-bond donors (Lipinski definition) is 2. The average Bonchev–Trinajstić information content (AvgIpc) is 2.72. The van der Waals surface area contributed by atoms with E-state index in [0.29, 0.717) is 11.4 Å². The van der Waals surface area contributed by atoms with Crippen LogP contribution in [0.5, 0.6) is 0 Å². The van der Waals surface area contributed by atoms with Crippen molar-refractivity contribution >= 4 is 23.3 Å². The van der Waals surface area contributed by atoms with Crippen molar-refractivity contribution in [2.45, 2.75) is 24.9 Å². The van der Waals surface area contributed by atoms with Crippen LogP contribution in [0, 0.1) is 10.1 Å². The molecule has 0 atom stereocenters. The lowest BCUT2D eigenvalue weighted by Gasteiger charge is -2.40. The summed E-state index contributed by atoms with van der Waals surface area (Å²) < 4.78 is 5.35. The number of carbonyl (C=O) groups excluding carboxylic acids is 1. The van der Waals surface area contributed by atoms with Gasteiger partial charge in [0.05, 0.1) is 10.6 Å². The molecular weight excluding hydrogens is 384 g/mol. The van der Waals surface area contributed by atoms with Gasteiger partial charge >= 0.3 is 11.8 Å². The molecule has 0 bridgehead atoms. The Morgan fingerprint density at radius 1 is 1.07 bits per heavy atom. The lowest BCUT2D eigenvalue weighted by Crippen LogP contribution is -2.40. The number of amides is 1. The second-order valence-corrected chi connectivity index (χ2v) is 7.16. The van der Waals surface area contributed by atoms with Gasteiger partial charge in [0.2, 0.25) is 5.82 Å². The summed E-state index contributed by atoms with van der Waals surface area (Å²) in [6, 6.07) is 19.7. The summed E-state index contributed by atoms with van der Waals surface area (Å²) >= 11 is 0. The van der Waals surface area contributed by atoms with E-state index in [1.165, 1.54) is 6.07 Å². The van der Waals surface area contributed by atoms with Crippen LogP contribution in [0.15, 0.2) is 66.7 Å². The van der Waals surface area contributed by atoms with Crippen LogP contribution in [-0.4, -0.2) is 16.0 Å². The Morgan fingerprint density at radius 2 is 1.77 bits per heavy atom. The van der Waals surface area contributed by atoms with E-state index >= 15 is 0 Å². The van der Waals surface area contributed by atoms with Gasteiger partial charge < -0.3 is 15.8 Å². The molecule has 1 amide bonds. The zero-order chi connectivity index (χ0) is 21.1. The number of hydrogen-bond acceptors (Lipinski definition) is 6. The van der Waals surface area contributed by atoms with Gasteiger partial charge in [0, 0.05) is 17.3 Å². The van der Waals surface area contributed by atoms with E-state index < -0.39 is 16.6 Å². The molecule has 8 nitrogen and oxygen atoms in total. The summed E-state index contributed by atoms with van der Waals surface area (Å²) in [6.45, 7) is 0. The highest BCUT2D eigenvalue weighted by Gasteiger charge is 2.42. The first-order valence-corrected chi connectivity index (χ1v) is 9.54. The quantitative estimate of drug-likeness (QED) is 0.446. The normalized spacial score (nSPS) is 14.4. The molecule has 4 rings (SSSR count). The van der Waals surface area contributed by atoms with Gasteiger partial charge in [0.25, 0.3) is 0 Å². The number of nitro groups is 1. The Morgan fingerprint density at radius 3 is 2.33 bits per heavy atom. The molecule has 8 heteroatoms. The van der Waals surface area contributed by atoms with Gasteiger partial charge in [0.1, 0.15) is 5.60 Å². The number of rotatable bonds is 6. The zero-order valence-corrected chi connectivity index (χ0v) is 16.1. The van der Waals surface area contributed by atoms with Crippen LogP contribution in [0.4, 0.5) is 22.0 Å². The highest BCUT2D eigenvalue weighted by atomic mass is 16.6. The molecule has 152 valence electrons. The fraction of sp³-hybridized carbons (Fsp3) is 0.182. The summed E-state index contributed by atoms with van der Waals surface area (Å²) in [5, 5.41) is 14.5. The molecule has 1 saturated carbocycles. The fourth-order valence-corrected chi connectivity index (χ4v) is 3.59. The number of ether oxygens (including phenoxy) is 1. The van der Waals surface area contributed by atoms with E-state index in [1.807, 2.05) is 42.5 Å². The molecule has 30 heavy (non-hydrogen) atoms. The minimum absolute atomic E-state index is 0.119. The van der Waals surface area contributed by atoms with Crippen molar-refractivity contribution in [1.82, 2.24) is 4.98 Å². The second kappa shape index (κ2) is 7.82. The summed E-state index contributed by atoms with van der Waals surface area (Å²) in [5.41, 5.74) is 7.39. The maximum absolute atomic E-state index is 11.5. The molecule has 2 aromatic carbocycles. The van der Waals surface area contributed by atoms with Gasteiger partial charge in [-0.2, -0.15) is 0 Å². The summed E-state index contributed by atoms with van der Waals surface area (Å²) in [6.07, 6.45) is 1.59. The monoisotopic (exact) mass is 404 g/mol. The van der Waals surface area contributed by atoms with Crippen LogP contribution in [-0.2, 0) is 10.3 Å². The number of aromatic nitrogens is 1. The molecule has 0 radical (unpaired) electrons. The van der Waals surface area contributed by atoms with Crippen LogP contribution >= 0.6 is 0 Å². The third kappa shape index (κ3) is 3.80. The summed E-state index contributed by atoms with van der Waals surface area (Å²) in [5.74, 6) is 0.154. The number of primary amides is 1. The van der Waals surface area contributed by atoms with Crippen molar-refractivity contribution in [1.29, 1.82) is 0 Å². The van der Waals surface area contributed by atoms with Crippen LogP contribution < -0.4 is 11.1 Å². The Bertz CT molecular complexity index is 1080. The Balaban J connectivity index is 1.62. The number of pyridine rings is 1. The standard InChI is InChI=1S/C22H20N4O4/c23-21(27)30-22(13-4-14-22)16-7-9-17(10-8-16)24-20-19(26(28)29)12-11-18(25-20)15-5-2-1-3-6-15/h1-3,5-12H,4,13-14H2,(H2,23,27)(H,24,25).